The zero-order chi connectivity index (χ0) is 29.4. The molecule has 218 valence electrons. The normalized spacial score (nSPS) is 14.4. The molecule has 1 saturated carbocycles. The molecule has 0 radical (unpaired) electrons. The topological polar surface area (TPSA) is 86.8 Å². The lowest BCUT2D eigenvalue weighted by atomic mass is 10.1. The number of nitrogens with one attached hydrogen (secondary N) is 1. The average molecular weight is 617 g/mol. The number of nitrogens with zero attached hydrogens (tertiary/aromatic N) is 2. The molecule has 4 rings (SSSR count). The summed E-state index contributed by atoms with van der Waals surface area (Å²) >= 11 is 12.4. The van der Waals surface area contributed by atoms with Crippen molar-refractivity contribution in [3.05, 3.63) is 94.5 Å². The summed E-state index contributed by atoms with van der Waals surface area (Å²) in [5.74, 6) is -0.701. The first-order valence-corrected chi connectivity index (χ1v) is 16.1. The van der Waals surface area contributed by atoms with Crippen LogP contribution in [0.4, 0.5) is 5.69 Å². The Bertz CT molecular complexity index is 1430. The molecule has 2 amide bonds. The van der Waals surface area contributed by atoms with Crippen LogP contribution in [-0.4, -0.2) is 50.3 Å². The van der Waals surface area contributed by atoms with E-state index < -0.39 is 28.5 Å². The minimum absolute atomic E-state index is 0.0284. The molecule has 10 heteroatoms. The Kier molecular flexibility index (Phi) is 10.7. The smallest absolute Gasteiger partial charge is 0.264 e. The van der Waals surface area contributed by atoms with Gasteiger partial charge in [0.2, 0.25) is 11.8 Å². The second kappa shape index (κ2) is 14.2. The van der Waals surface area contributed by atoms with Crippen LogP contribution in [-0.2, 0) is 26.0 Å². The van der Waals surface area contributed by atoms with Gasteiger partial charge in [0.25, 0.3) is 10.0 Å². The number of hydrogen-bond acceptors (Lipinski definition) is 4. The third-order valence-corrected chi connectivity index (χ3v) is 9.90. The van der Waals surface area contributed by atoms with E-state index in [1.54, 1.807) is 18.2 Å². The van der Waals surface area contributed by atoms with Crippen molar-refractivity contribution in [3.63, 3.8) is 0 Å². The Balaban J connectivity index is 1.68. The van der Waals surface area contributed by atoms with E-state index in [-0.39, 0.29) is 39.1 Å². The highest BCUT2D eigenvalue weighted by Crippen LogP contribution is 2.31. The summed E-state index contributed by atoms with van der Waals surface area (Å²) in [6.45, 7) is 1.59. The van der Waals surface area contributed by atoms with Crippen molar-refractivity contribution >= 4 is 50.7 Å². The molecule has 0 aromatic heterocycles. The van der Waals surface area contributed by atoms with Crippen molar-refractivity contribution < 1.29 is 18.0 Å². The molecule has 1 aliphatic carbocycles. The van der Waals surface area contributed by atoms with E-state index in [9.17, 15) is 18.0 Å². The lowest BCUT2D eigenvalue weighted by molar-refractivity contribution is -0.139. The summed E-state index contributed by atoms with van der Waals surface area (Å²) in [4.78, 5) is 29.1. The molecular weight excluding hydrogens is 581 g/mol. The number of halogens is 2. The molecule has 3 aromatic carbocycles. The van der Waals surface area contributed by atoms with Gasteiger partial charge in [0.15, 0.2) is 0 Å². The van der Waals surface area contributed by atoms with E-state index in [2.05, 4.69) is 5.32 Å². The van der Waals surface area contributed by atoms with E-state index in [1.165, 1.54) is 35.2 Å². The van der Waals surface area contributed by atoms with E-state index in [4.69, 9.17) is 23.2 Å². The Morgan fingerprint density at radius 1 is 0.927 bits per heavy atom. The van der Waals surface area contributed by atoms with Gasteiger partial charge in [-0.05, 0) is 61.6 Å². The van der Waals surface area contributed by atoms with Gasteiger partial charge in [-0.1, -0.05) is 91.5 Å². The van der Waals surface area contributed by atoms with E-state index in [1.807, 2.05) is 37.3 Å². The molecule has 3 aromatic rings. The van der Waals surface area contributed by atoms with Gasteiger partial charge in [-0.15, -0.1) is 0 Å². The summed E-state index contributed by atoms with van der Waals surface area (Å²) in [7, 11) is -4.17. The maximum atomic E-state index is 14.1. The summed E-state index contributed by atoms with van der Waals surface area (Å²) in [6, 6.07) is 21.4. The second-order valence-corrected chi connectivity index (χ2v) is 12.8. The number of amides is 2. The number of rotatable bonds is 12. The van der Waals surface area contributed by atoms with Crippen LogP contribution in [0.5, 0.6) is 0 Å². The predicted octanol–water partition coefficient (Wildman–Crippen LogP) is 6.10. The van der Waals surface area contributed by atoms with Gasteiger partial charge in [-0.3, -0.25) is 13.9 Å². The minimum atomic E-state index is -4.17. The SMILES string of the molecule is CCC(C(=O)NC1CCCC1)N(CCc1ccccc1)C(=O)CN(c1ccc(Cl)c(Cl)c1)S(=O)(=O)c1ccccc1. The molecule has 1 N–H and O–H groups in total. The fourth-order valence-corrected chi connectivity index (χ4v) is 6.87. The third-order valence-electron chi connectivity index (χ3n) is 7.37. The van der Waals surface area contributed by atoms with Crippen LogP contribution in [0.25, 0.3) is 0 Å². The molecule has 0 saturated heterocycles. The molecule has 7 nitrogen and oxygen atoms in total. The highest BCUT2D eigenvalue weighted by molar-refractivity contribution is 7.92. The number of carbonyl (C=O) groups is 2. The molecule has 1 unspecified atom stereocenters. The number of anilines is 1. The first-order chi connectivity index (χ1) is 19.7. The summed E-state index contributed by atoms with van der Waals surface area (Å²) in [5.41, 5.74) is 1.21. The molecule has 41 heavy (non-hydrogen) atoms. The zero-order valence-corrected chi connectivity index (χ0v) is 25.3. The molecule has 0 spiro atoms. The Labute approximate surface area is 252 Å². The monoisotopic (exact) mass is 615 g/mol. The van der Waals surface area contributed by atoms with Crippen molar-refractivity contribution in [2.75, 3.05) is 17.4 Å². The Morgan fingerprint density at radius 2 is 1.56 bits per heavy atom. The molecular formula is C31H35Cl2N3O4S. The van der Waals surface area contributed by atoms with Crippen LogP contribution >= 0.6 is 23.2 Å². The van der Waals surface area contributed by atoms with Gasteiger partial charge < -0.3 is 10.2 Å². The van der Waals surface area contributed by atoms with E-state index in [0.717, 1.165) is 35.6 Å². The predicted molar refractivity (Wildman–Crippen MR) is 164 cm³/mol. The summed E-state index contributed by atoms with van der Waals surface area (Å²) in [5, 5.41) is 3.54. The highest BCUT2D eigenvalue weighted by Gasteiger charge is 2.34. The number of benzene rings is 3. The maximum absolute atomic E-state index is 14.1. The van der Waals surface area contributed by atoms with E-state index >= 15 is 0 Å². The Hall–Kier alpha value is -3.07. The lowest BCUT2D eigenvalue weighted by Gasteiger charge is -2.33. The van der Waals surface area contributed by atoms with E-state index in [0.29, 0.717) is 12.8 Å². The van der Waals surface area contributed by atoms with Crippen molar-refractivity contribution in [2.24, 2.45) is 0 Å². The number of carbonyl (C=O) groups excluding carboxylic acids is 2. The standard InChI is InChI=1S/C31H35Cl2N3O4S/c1-2-29(31(38)34-24-13-9-10-14-24)35(20-19-23-11-5-3-6-12-23)30(37)22-36(25-17-18-27(32)28(33)21-25)41(39,40)26-15-7-4-8-16-26/h3-8,11-12,15-18,21,24,29H,2,9-10,13-14,19-20,22H2,1H3,(H,34,38). The molecule has 0 bridgehead atoms. The van der Waals surface area contributed by atoms with Crippen molar-refractivity contribution in [1.29, 1.82) is 0 Å². The third kappa shape index (κ3) is 7.82. The van der Waals surface area contributed by atoms with Crippen LogP contribution in [0.15, 0.2) is 83.8 Å². The van der Waals surface area contributed by atoms with Crippen molar-refractivity contribution in [3.8, 4) is 0 Å². The quantitative estimate of drug-likeness (QED) is 0.267. The van der Waals surface area contributed by atoms with Crippen molar-refractivity contribution in [1.82, 2.24) is 10.2 Å². The maximum Gasteiger partial charge on any atom is 0.264 e. The summed E-state index contributed by atoms with van der Waals surface area (Å²) in [6.07, 6.45) is 4.86. The van der Waals surface area contributed by atoms with Gasteiger partial charge in [0, 0.05) is 12.6 Å². The second-order valence-electron chi connectivity index (χ2n) is 10.2. The fraction of sp³-hybridized carbons (Fsp3) is 0.355. The molecule has 0 aliphatic heterocycles. The molecule has 1 atom stereocenters. The van der Waals surface area contributed by atoms with Gasteiger partial charge in [-0.2, -0.15) is 0 Å². The largest absolute Gasteiger partial charge is 0.352 e. The minimum Gasteiger partial charge on any atom is -0.352 e. The molecule has 1 fully saturated rings. The lowest BCUT2D eigenvalue weighted by Crippen LogP contribution is -2.54. The van der Waals surface area contributed by atoms with Crippen molar-refractivity contribution in [2.45, 2.75) is 62.4 Å². The van der Waals surface area contributed by atoms with Crippen LogP contribution in [0.1, 0.15) is 44.6 Å². The van der Waals surface area contributed by atoms with Crippen LogP contribution < -0.4 is 9.62 Å². The van der Waals surface area contributed by atoms with Crippen LogP contribution in [0, 0.1) is 0 Å². The molecule has 0 heterocycles. The van der Waals surface area contributed by atoms with Crippen LogP contribution in [0.2, 0.25) is 10.0 Å². The Morgan fingerprint density at radius 3 is 2.17 bits per heavy atom. The molecule has 1 aliphatic rings. The average Bonchev–Trinajstić information content (AvgIpc) is 3.49. The number of hydrogen-bond donors (Lipinski definition) is 1. The zero-order valence-electron chi connectivity index (χ0n) is 23.0. The van der Waals surface area contributed by atoms with Gasteiger partial charge in [0.1, 0.15) is 12.6 Å². The first kappa shape index (κ1) is 30.9. The van der Waals surface area contributed by atoms with Gasteiger partial charge in [0.05, 0.1) is 20.6 Å². The van der Waals surface area contributed by atoms with Gasteiger partial charge in [-0.25, -0.2) is 8.42 Å². The van der Waals surface area contributed by atoms with Gasteiger partial charge >= 0.3 is 0 Å². The summed E-state index contributed by atoms with van der Waals surface area (Å²) < 4.78 is 28.8. The van der Waals surface area contributed by atoms with Crippen LogP contribution in [0.3, 0.4) is 0 Å². The fourth-order valence-electron chi connectivity index (χ4n) is 5.15. The first-order valence-electron chi connectivity index (χ1n) is 13.9. The number of sulfonamides is 1. The highest BCUT2D eigenvalue weighted by atomic mass is 35.5.